The van der Waals surface area contributed by atoms with Gasteiger partial charge < -0.3 is 10.5 Å². The lowest BCUT2D eigenvalue weighted by Gasteiger charge is -2.09. The van der Waals surface area contributed by atoms with E-state index < -0.39 is 11.7 Å². The highest BCUT2D eigenvalue weighted by Gasteiger charge is 2.13. The number of carbonyl (C=O) groups is 1. The molecule has 2 aromatic rings. The van der Waals surface area contributed by atoms with Crippen molar-refractivity contribution in [3.05, 3.63) is 47.9 Å². The largest absolute Gasteiger partial charge is 0.438 e. The Hall–Kier alpha value is -2.08. The van der Waals surface area contributed by atoms with Crippen molar-refractivity contribution in [2.75, 3.05) is 5.75 Å². The molecule has 150 valence electrons. The van der Waals surface area contributed by atoms with Gasteiger partial charge >= 0.3 is 0 Å². The fraction of sp³-hybridized carbons (Fsp3) is 0.429. The number of hydrogen-bond donors (Lipinski definition) is 1. The summed E-state index contributed by atoms with van der Waals surface area (Å²) >= 11 is 1.66. The smallest absolute Gasteiger partial charge is 0.254 e. The van der Waals surface area contributed by atoms with Crippen LogP contribution in [0.4, 0.5) is 4.39 Å². The summed E-state index contributed by atoms with van der Waals surface area (Å²) in [5.74, 6) is 0.0280. The normalized spacial score (nSPS) is 9.41. The lowest BCUT2D eigenvalue weighted by Crippen LogP contribution is -2.13. The van der Waals surface area contributed by atoms with Crippen molar-refractivity contribution >= 4 is 17.7 Å². The van der Waals surface area contributed by atoms with Crippen LogP contribution in [0.5, 0.6) is 11.6 Å². The van der Waals surface area contributed by atoms with Crippen LogP contribution < -0.4 is 10.5 Å². The minimum Gasteiger partial charge on any atom is -0.438 e. The molecule has 27 heavy (non-hydrogen) atoms. The maximum absolute atomic E-state index is 13.1. The molecule has 0 saturated carbocycles. The number of benzene rings is 1. The second-order valence-electron chi connectivity index (χ2n) is 5.23. The van der Waals surface area contributed by atoms with E-state index in [4.69, 9.17) is 10.5 Å². The molecule has 0 atom stereocenters. The Labute approximate surface area is 166 Å². The van der Waals surface area contributed by atoms with Crippen LogP contribution in [-0.4, -0.2) is 16.6 Å². The highest BCUT2D eigenvalue weighted by Crippen LogP contribution is 2.27. The van der Waals surface area contributed by atoms with Crippen LogP contribution in [0.3, 0.4) is 0 Å². The number of nitrogens with zero attached hydrogens (tertiary/aromatic N) is 1. The Morgan fingerprint density at radius 3 is 2.37 bits per heavy atom. The molecule has 0 saturated heterocycles. The van der Waals surface area contributed by atoms with Gasteiger partial charge in [-0.3, -0.25) is 4.79 Å². The molecule has 2 N–H and O–H groups in total. The van der Waals surface area contributed by atoms with Crippen molar-refractivity contribution in [1.29, 1.82) is 0 Å². The van der Waals surface area contributed by atoms with Crippen LogP contribution in [0.2, 0.25) is 0 Å². The lowest BCUT2D eigenvalue weighted by molar-refractivity contribution is 0.0997. The number of ether oxygens (including phenoxy) is 1. The quantitative estimate of drug-likeness (QED) is 0.548. The van der Waals surface area contributed by atoms with Gasteiger partial charge in [-0.2, -0.15) is 0 Å². The molecule has 4 nitrogen and oxygen atoms in total. The number of nitrogens with two attached hydrogens (primary N) is 1. The third-order valence-corrected chi connectivity index (χ3v) is 4.00. The number of rotatable bonds is 7. The molecule has 0 aliphatic carbocycles. The number of halogens is 1. The van der Waals surface area contributed by atoms with Crippen LogP contribution in [0, 0.1) is 5.82 Å². The summed E-state index contributed by atoms with van der Waals surface area (Å²) < 4.78 is 18.6. The molecule has 6 heteroatoms. The summed E-state index contributed by atoms with van der Waals surface area (Å²) in [5, 5.41) is 0. The summed E-state index contributed by atoms with van der Waals surface area (Å²) in [5.41, 5.74) is 5.10. The number of aromatic nitrogens is 1. The van der Waals surface area contributed by atoms with E-state index >= 15 is 0 Å². The zero-order chi connectivity index (χ0) is 20.7. The van der Waals surface area contributed by atoms with E-state index in [2.05, 4.69) is 18.8 Å². The summed E-state index contributed by atoms with van der Waals surface area (Å²) in [4.78, 5) is 16.1. The van der Waals surface area contributed by atoms with Gasteiger partial charge in [0.15, 0.2) is 0 Å². The van der Waals surface area contributed by atoms with Crippen LogP contribution in [-0.2, 0) is 0 Å². The Bertz CT molecular complexity index is 679. The SMILES string of the molecule is CC.CCCCC.CCSc1cccc(Oc2ncc(F)cc2C(N)=O)c1. The second-order valence-corrected chi connectivity index (χ2v) is 6.57. The van der Waals surface area contributed by atoms with Gasteiger partial charge in [-0.25, -0.2) is 9.37 Å². The monoisotopic (exact) mass is 394 g/mol. The highest BCUT2D eigenvalue weighted by molar-refractivity contribution is 7.99. The molecule has 0 aliphatic rings. The van der Waals surface area contributed by atoms with Gasteiger partial charge in [0.25, 0.3) is 5.91 Å². The van der Waals surface area contributed by atoms with Crippen molar-refractivity contribution in [1.82, 2.24) is 4.98 Å². The standard InChI is InChI=1S/C14H13FN2O2S.C5H12.C2H6/c1-2-20-11-5-3-4-10(7-11)19-14-12(13(16)18)6-9(15)8-17-14;1-3-5-4-2;1-2/h3-8H,2H2,1H3,(H2,16,18);3-5H2,1-2H3;1-2H3. The molecule has 0 bridgehead atoms. The molecule has 0 fully saturated rings. The molecule has 1 amide bonds. The van der Waals surface area contributed by atoms with Crippen molar-refractivity contribution < 1.29 is 13.9 Å². The Kier molecular flexibility index (Phi) is 13.9. The maximum Gasteiger partial charge on any atom is 0.254 e. The number of hydrogen-bond acceptors (Lipinski definition) is 4. The molecular formula is C21H31FN2O2S. The van der Waals surface area contributed by atoms with Gasteiger partial charge in [0, 0.05) is 4.90 Å². The van der Waals surface area contributed by atoms with E-state index in [1.807, 2.05) is 39.0 Å². The Morgan fingerprint density at radius 1 is 1.19 bits per heavy atom. The number of pyridine rings is 1. The number of unbranched alkanes of at least 4 members (excludes halogenated alkanes) is 2. The minimum absolute atomic E-state index is 0.00227. The molecule has 0 radical (unpaired) electrons. The van der Waals surface area contributed by atoms with Gasteiger partial charge in [-0.05, 0) is 30.0 Å². The molecule has 0 aliphatic heterocycles. The van der Waals surface area contributed by atoms with Gasteiger partial charge in [-0.1, -0.05) is 59.9 Å². The first-order valence-electron chi connectivity index (χ1n) is 9.37. The van der Waals surface area contributed by atoms with E-state index in [0.29, 0.717) is 5.75 Å². The predicted octanol–water partition coefficient (Wildman–Crippen LogP) is 6.45. The van der Waals surface area contributed by atoms with Crippen molar-refractivity contribution in [3.63, 3.8) is 0 Å². The summed E-state index contributed by atoms with van der Waals surface area (Å²) in [7, 11) is 0. The molecular weight excluding hydrogens is 363 g/mol. The van der Waals surface area contributed by atoms with Gasteiger partial charge in [-0.15, -0.1) is 11.8 Å². The fourth-order valence-electron chi connectivity index (χ4n) is 1.94. The number of carbonyl (C=O) groups excluding carboxylic acids is 1. The van der Waals surface area contributed by atoms with Gasteiger partial charge in [0.05, 0.1) is 6.20 Å². The van der Waals surface area contributed by atoms with Crippen LogP contribution >= 0.6 is 11.8 Å². The van der Waals surface area contributed by atoms with E-state index in [1.54, 1.807) is 17.8 Å². The average Bonchev–Trinajstić information content (AvgIpc) is 2.66. The Balaban J connectivity index is 0.000000838. The maximum atomic E-state index is 13.1. The third-order valence-electron chi connectivity index (χ3n) is 3.12. The first kappa shape index (κ1) is 24.9. The Morgan fingerprint density at radius 2 is 1.85 bits per heavy atom. The second kappa shape index (κ2) is 15.0. The average molecular weight is 395 g/mol. The molecule has 2 rings (SSSR count). The summed E-state index contributed by atoms with van der Waals surface area (Å²) in [6.45, 7) is 10.5. The van der Waals surface area contributed by atoms with E-state index in [1.165, 1.54) is 19.3 Å². The molecule has 0 spiro atoms. The lowest BCUT2D eigenvalue weighted by atomic mass is 10.2. The highest BCUT2D eigenvalue weighted by atomic mass is 32.2. The molecule has 0 unspecified atom stereocenters. The number of primary amides is 1. The molecule has 1 aromatic carbocycles. The van der Waals surface area contributed by atoms with Crippen LogP contribution in [0.25, 0.3) is 0 Å². The topological polar surface area (TPSA) is 65.2 Å². The number of thioether (sulfide) groups is 1. The summed E-state index contributed by atoms with van der Waals surface area (Å²) in [6, 6.07) is 8.35. The van der Waals surface area contributed by atoms with Gasteiger partial charge in [0.1, 0.15) is 17.1 Å². The van der Waals surface area contributed by atoms with Crippen LogP contribution in [0.1, 0.15) is 64.2 Å². The number of amides is 1. The van der Waals surface area contributed by atoms with Gasteiger partial charge in [0.2, 0.25) is 5.88 Å². The first-order valence-corrected chi connectivity index (χ1v) is 10.4. The third kappa shape index (κ3) is 9.99. The van der Waals surface area contributed by atoms with Crippen molar-refractivity contribution in [2.45, 2.75) is 58.8 Å². The predicted molar refractivity (Wildman–Crippen MR) is 112 cm³/mol. The van der Waals surface area contributed by atoms with Crippen molar-refractivity contribution in [2.24, 2.45) is 5.73 Å². The van der Waals surface area contributed by atoms with E-state index in [9.17, 15) is 9.18 Å². The first-order chi connectivity index (χ1) is 13.0. The van der Waals surface area contributed by atoms with Crippen LogP contribution in [0.15, 0.2) is 41.4 Å². The molecule has 1 aromatic heterocycles. The summed E-state index contributed by atoms with van der Waals surface area (Å²) in [6.07, 6.45) is 5.05. The minimum atomic E-state index is -0.786. The fourth-order valence-corrected chi connectivity index (χ4v) is 2.65. The zero-order valence-corrected chi connectivity index (χ0v) is 17.7. The molecule has 1 heterocycles. The zero-order valence-electron chi connectivity index (χ0n) is 16.9. The van der Waals surface area contributed by atoms with Crippen molar-refractivity contribution in [3.8, 4) is 11.6 Å². The van der Waals surface area contributed by atoms with E-state index in [0.717, 1.165) is 22.9 Å². The van der Waals surface area contributed by atoms with E-state index in [-0.39, 0.29) is 11.4 Å².